The van der Waals surface area contributed by atoms with E-state index < -0.39 is 11.9 Å². The fraction of sp³-hybridized carbons (Fsp3) is 0.818. The lowest BCUT2D eigenvalue weighted by molar-refractivity contribution is -0.144. The molecule has 2 heterocycles. The van der Waals surface area contributed by atoms with Gasteiger partial charge in [0.2, 0.25) is 5.91 Å². The number of rotatable bonds is 3. The van der Waals surface area contributed by atoms with Gasteiger partial charge in [-0.05, 0) is 19.4 Å². The van der Waals surface area contributed by atoms with Crippen LogP contribution in [0.25, 0.3) is 0 Å². The van der Waals surface area contributed by atoms with Gasteiger partial charge in [0.25, 0.3) is 0 Å². The Bertz CT molecular complexity index is 315. The second-order valence-electron chi connectivity index (χ2n) is 4.65. The number of nitrogens with one attached hydrogen (secondary N) is 1. The molecule has 96 valence electrons. The Morgan fingerprint density at radius 2 is 2.18 bits per heavy atom. The summed E-state index contributed by atoms with van der Waals surface area (Å²) in [6.07, 6.45) is 1.82. The van der Waals surface area contributed by atoms with Crippen LogP contribution in [0.4, 0.5) is 0 Å². The van der Waals surface area contributed by atoms with Crippen molar-refractivity contribution in [2.45, 2.75) is 24.9 Å². The third kappa shape index (κ3) is 2.42. The topological polar surface area (TPSA) is 78.9 Å². The van der Waals surface area contributed by atoms with Gasteiger partial charge in [-0.2, -0.15) is 0 Å². The predicted octanol–water partition coefficient (Wildman–Crippen LogP) is -0.704. The Kier molecular flexibility index (Phi) is 3.63. The van der Waals surface area contributed by atoms with Crippen LogP contribution in [0.2, 0.25) is 0 Å². The van der Waals surface area contributed by atoms with E-state index in [0.29, 0.717) is 6.61 Å². The van der Waals surface area contributed by atoms with E-state index in [0.717, 1.165) is 19.4 Å². The van der Waals surface area contributed by atoms with Gasteiger partial charge in [0.1, 0.15) is 5.92 Å². The molecule has 1 amide bonds. The first-order chi connectivity index (χ1) is 8.11. The molecule has 17 heavy (non-hydrogen) atoms. The van der Waals surface area contributed by atoms with Crippen molar-refractivity contribution in [3.05, 3.63) is 0 Å². The molecule has 2 N–H and O–H groups in total. The minimum absolute atomic E-state index is 0.0238. The molecule has 2 fully saturated rings. The summed E-state index contributed by atoms with van der Waals surface area (Å²) in [5.74, 6) is -1.53. The molecule has 0 spiro atoms. The molecule has 0 aromatic carbocycles. The summed E-state index contributed by atoms with van der Waals surface area (Å²) in [4.78, 5) is 24.7. The molecule has 0 aromatic heterocycles. The van der Waals surface area contributed by atoms with Crippen molar-refractivity contribution in [2.75, 3.05) is 26.8 Å². The molecular formula is C11H18N2O4. The van der Waals surface area contributed by atoms with E-state index in [-0.39, 0.29) is 24.6 Å². The summed E-state index contributed by atoms with van der Waals surface area (Å²) < 4.78 is 5.17. The van der Waals surface area contributed by atoms with Crippen LogP contribution in [0.5, 0.6) is 0 Å². The monoisotopic (exact) mass is 242 g/mol. The summed E-state index contributed by atoms with van der Waals surface area (Å²) in [6.45, 7) is 1.36. The third-order valence-electron chi connectivity index (χ3n) is 3.57. The van der Waals surface area contributed by atoms with Crippen LogP contribution in [0.1, 0.15) is 12.8 Å². The second-order valence-corrected chi connectivity index (χ2v) is 4.65. The van der Waals surface area contributed by atoms with E-state index in [9.17, 15) is 9.59 Å². The Morgan fingerprint density at radius 1 is 1.41 bits per heavy atom. The number of carboxylic acid groups (broad SMARTS) is 1. The fourth-order valence-electron chi connectivity index (χ4n) is 2.47. The SMILES string of the molecule is CN(C(=O)C1CCCN1)C1COCC1C(=O)O. The van der Waals surface area contributed by atoms with Crippen molar-refractivity contribution in [3.63, 3.8) is 0 Å². The number of ether oxygens (including phenoxy) is 1. The van der Waals surface area contributed by atoms with Crippen molar-refractivity contribution < 1.29 is 19.4 Å². The summed E-state index contributed by atoms with van der Waals surface area (Å²) in [7, 11) is 1.66. The lowest BCUT2D eigenvalue weighted by Gasteiger charge is -2.28. The first kappa shape index (κ1) is 12.3. The van der Waals surface area contributed by atoms with Crippen molar-refractivity contribution >= 4 is 11.9 Å². The molecule has 0 aromatic rings. The number of amides is 1. The largest absolute Gasteiger partial charge is 0.481 e. The van der Waals surface area contributed by atoms with E-state index in [4.69, 9.17) is 9.84 Å². The minimum atomic E-state index is -0.897. The minimum Gasteiger partial charge on any atom is -0.481 e. The van der Waals surface area contributed by atoms with E-state index in [1.54, 1.807) is 7.05 Å². The Labute approximate surface area is 99.9 Å². The molecule has 2 aliphatic heterocycles. The lowest BCUT2D eigenvalue weighted by atomic mass is 10.0. The Hall–Kier alpha value is -1.14. The fourth-order valence-corrected chi connectivity index (χ4v) is 2.47. The van der Waals surface area contributed by atoms with Gasteiger partial charge < -0.3 is 20.1 Å². The van der Waals surface area contributed by atoms with Crippen LogP contribution in [-0.4, -0.2) is 60.8 Å². The molecular weight excluding hydrogens is 224 g/mol. The molecule has 0 radical (unpaired) electrons. The molecule has 2 saturated heterocycles. The van der Waals surface area contributed by atoms with Crippen LogP contribution in [0.3, 0.4) is 0 Å². The molecule has 6 heteroatoms. The van der Waals surface area contributed by atoms with Gasteiger partial charge in [0.05, 0.1) is 25.3 Å². The first-order valence-electron chi connectivity index (χ1n) is 5.92. The first-order valence-corrected chi connectivity index (χ1v) is 5.92. The van der Waals surface area contributed by atoms with Crippen LogP contribution in [0, 0.1) is 5.92 Å². The molecule has 6 nitrogen and oxygen atoms in total. The van der Waals surface area contributed by atoms with Crippen LogP contribution in [0.15, 0.2) is 0 Å². The molecule has 3 atom stereocenters. The highest BCUT2D eigenvalue weighted by Gasteiger charge is 2.40. The lowest BCUT2D eigenvalue weighted by Crippen LogP contribution is -2.50. The predicted molar refractivity (Wildman–Crippen MR) is 59.5 cm³/mol. The summed E-state index contributed by atoms with van der Waals surface area (Å²) in [5.41, 5.74) is 0. The zero-order chi connectivity index (χ0) is 12.4. The zero-order valence-corrected chi connectivity index (χ0v) is 9.89. The van der Waals surface area contributed by atoms with Gasteiger partial charge in [-0.3, -0.25) is 9.59 Å². The van der Waals surface area contributed by atoms with Crippen LogP contribution in [-0.2, 0) is 14.3 Å². The van der Waals surface area contributed by atoms with E-state index in [1.807, 2.05) is 0 Å². The maximum Gasteiger partial charge on any atom is 0.311 e. The van der Waals surface area contributed by atoms with E-state index >= 15 is 0 Å². The van der Waals surface area contributed by atoms with E-state index in [2.05, 4.69) is 5.32 Å². The highest BCUT2D eigenvalue weighted by atomic mass is 16.5. The number of aliphatic carboxylic acids is 1. The van der Waals surface area contributed by atoms with Gasteiger partial charge in [-0.1, -0.05) is 0 Å². The molecule has 0 saturated carbocycles. The van der Waals surface area contributed by atoms with Crippen molar-refractivity contribution in [2.24, 2.45) is 5.92 Å². The Balaban J connectivity index is 2.00. The summed E-state index contributed by atoms with van der Waals surface area (Å²) in [5, 5.41) is 12.2. The van der Waals surface area contributed by atoms with Gasteiger partial charge >= 0.3 is 5.97 Å². The Morgan fingerprint density at radius 3 is 2.76 bits per heavy atom. The quantitative estimate of drug-likeness (QED) is 0.684. The number of nitrogens with zero attached hydrogens (tertiary/aromatic N) is 1. The van der Waals surface area contributed by atoms with Crippen molar-refractivity contribution in [3.8, 4) is 0 Å². The zero-order valence-electron chi connectivity index (χ0n) is 9.89. The number of likely N-dealkylation sites (N-methyl/N-ethyl adjacent to an activating group) is 1. The average molecular weight is 242 g/mol. The molecule has 2 aliphatic rings. The average Bonchev–Trinajstić information content (AvgIpc) is 2.97. The maximum atomic E-state index is 12.1. The highest BCUT2D eigenvalue weighted by molar-refractivity contribution is 5.83. The highest BCUT2D eigenvalue weighted by Crippen LogP contribution is 2.20. The number of carboxylic acids is 1. The van der Waals surface area contributed by atoms with Gasteiger partial charge in [-0.15, -0.1) is 0 Å². The van der Waals surface area contributed by atoms with Gasteiger partial charge in [-0.25, -0.2) is 0 Å². The summed E-state index contributed by atoms with van der Waals surface area (Å²) in [6, 6.07) is -0.502. The van der Waals surface area contributed by atoms with Crippen LogP contribution < -0.4 is 5.32 Å². The molecule has 3 unspecified atom stereocenters. The normalized spacial score (nSPS) is 32.6. The maximum absolute atomic E-state index is 12.1. The number of hydrogen-bond donors (Lipinski definition) is 2. The van der Waals surface area contributed by atoms with E-state index in [1.165, 1.54) is 4.90 Å². The second kappa shape index (κ2) is 5.01. The third-order valence-corrected chi connectivity index (χ3v) is 3.57. The number of carbonyl (C=O) groups excluding carboxylic acids is 1. The molecule has 0 bridgehead atoms. The smallest absolute Gasteiger partial charge is 0.311 e. The van der Waals surface area contributed by atoms with Crippen molar-refractivity contribution in [1.29, 1.82) is 0 Å². The van der Waals surface area contributed by atoms with Gasteiger partial charge in [0.15, 0.2) is 0 Å². The standard InChI is InChI=1S/C11H18N2O4/c1-13(10(14)8-3-2-4-12-8)9-6-17-5-7(9)11(15)16/h7-9,12H,2-6H2,1H3,(H,15,16). The van der Waals surface area contributed by atoms with Gasteiger partial charge in [0, 0.05) is 7.05 Å². The van der Waals surface area contributed by atoms with Crippen molar-refractivity contribution in [1.82, 2.24) is 10.2 Å². The van der Waals surface area contributed by atoms with Crippen LogP contribution >= 0.6 is 0 Å². The molecule has 2 rings (SSSR count). The number of carbonyl (C=O) groups is 2. The molecule has 0 aliphatic carbocycles. The number of hydrogen-bond acceptors (Lipinski definition) is 4. The summed E-state index contributed by atoms with van der Waals surface area (Å²) >= 11 is 0.